The predicted octanol–water partition coefficient (Wildman–Crippen LogP) is 8.96. The number of anilines is 1. The Morgan fingerprint density at radius 2 is 1.78 bits per heavy atom. The molecule has 1 aliphatic heterocycles. The van der Waals surface area contributed by atoms with Gasteiger partial charge in [0.15, 0.2) is 5.58 Å². The molecule has 7 rings (SSSR count). The van der Waals surface area contributed by atoms with Gasteiger partial charge in [-0.3, -0.25) is 9.48 Å². The molecule has 3 aromatic carbocycles. The van der Waals surface area contributed by atoms with E-state index < -0.39 is 0 Å². The molecule has 0 bridgehead atoms. The summed E-state index contributed by atoms with van der Waals surface area (Å²) < 4.78 is 15.7. The van der Waals surface area contributed by atoms with Gasteiger partial charge in [0.1, 0.15) is 11.4 Å². The third-order valence-corrected chi connectivity index (χ3v) is 10.1. The SMILES string of the molecule is Cc1cc(OCCCc2c3n(c4c(-c5c(C)nn(C)c5C)c(Cl)ccc24)[C@H](C)CN(c2ccc4cnoc4c2)C3=O)cc(C)c1Cl. The van der Waals surface area contributed by atoms with Crippen LogP contribution in [0.15, 0.2) is 53.2 Å². The molecule has 6 aromatic rings. The maximum atomic E-state index is 14.6. The van der Waals surface area contributed by atoms with Crippen LogP contribution in [0.4, 0.5) is 5.69 Å². The van der Waals surface area contributed by atoms with Gasteiger partial charge in [0, 0.05) is 64.0 Å². The highest BCUT2D eigenvalue weighted by Crippen LogP contribution is 2.45. The Hall–Kier alpha value is -4.27. The van der Waals surface area contributed by atoms with Gasteiger partial charge in [0.25, 0.3) is 5.91 Å². The summed E-state index contributed by atoms with van der Waals surface area (Å²) in [5.74, 6) is 0.730. The fourth-order valence-corrected chi connectivity index (χ4v) is 7.32. The standard InChI is InChI=1S/C36H35Cl2N5O3/c1-19-14-26(15-20(2)33(19)38)45-13-7-8-27-28-11-12-29(37)32(31-22(4)40-41(6)23(31)5)34(28)43-21(3)18-42(36(44)35(27)43)25-10-9-24-17-39-46-30(24)16-25/h9-12,14-17,21H,7-8,13,18H2,1-6H3/t21-/m1/s1. The number of hydrogen-bond acceptors (Lipinski definition) is 5. The molecule has 3 aromatic heterocycles. The van der Waals surface area contributed by atoms with E-state index in [0.717, 1.165) is 72.0 Å². The molecule has 0 N–H and O–H groups in total. The number of nitrogens with zero attached hydrogens (tertiary/aromatic N) is 5. The fraction of sp³-hybridized carbons (Fsp3) is 0.306. The number of carbonyl (C=O) groups is 1. The topological polar surface area (TPSA) is 78.3 Å². The number of aryl methyl sites for hydroxylation is 5. The van der Waals surface area contributed by atoms with E-state index in [1.54, 1.807) is 6.20 Å². The summed E-state index contributed by atoms with van der Waals surface area (Å²) in [6.07, 6.45) is 3.03. The molecule has 0 unspecified atom stereocenters. The maximum Gasteiger partial charge on any atom is 0.275 e. The van der Waals surface area contributed by atoms with Crippen LogP contribution >= 0.6 is 23.2 Å². The molecular formula is C36H35Cl2N5O3. The van der Waals surface area contributed by atoms with Crippen molar-refractivity contribution in [3.05, 3.63) is 92.5 Å². The highest BCUT2D eigenvalue weighted by molar-refractivity contribution is 6.35. The minimum Gasteiger partial charge on any atom is -0.494 e. The van der Waals surface area contributed by atoms with E-state index in [9.17, 15) is 4.79 Å². The lowest BCUT2D eigenvalue weighted by Crippen LogP contribution is -2.42. The fourth-order valence-electron chi connectivity index (χ4n) is 6.97. The van der Waals surface area contributed by atoms with Crippen molar-refractivity contribution in [2.24, 2.45) is 7.05 Å². The molecule has 0 fully saturated rings. The number of carbonyl (C=O) groups excluding carboxylic acids is 1. The van der Waals surface area contributed by atoms with Crippen molar-refractivity contribution in [3.8, 4) is 16.9 Å². The summed E-state index contributed by atoms with van der Waals surface area (Å²) in [7, 11) is 1.94. The first-order valence-corrected chi connectivity index (χ1v) is 16.2. The molecule has 1 amide bonds. The van der Waals surface area contributed by atoms with E-state index in [4.69, 9.17) is 37.6 Å². The Labute approximate surface area is 277 Å². The number of hydrogen-bond donors (Lipinski definition) is 0. The van der Waals surface area contributed by atoms with Crippen LogP contribution in [0, 0.1) is 27.7 Å². The Morgan fingerprint density at radius 1 is 1.02 bits per heavy atom. The molecule has 0 saturated carbocycles. The van der Waals surface area contributed by atoms with Gasteiger partial charge in [-0.1, -0.05) is 34.4 Å². The molecule has 1 aliphatic rings. The van der Waals surface area contributed by atoms with Gasteiger partial charge in [-0.05, 0) is 94.5 Å². The number of benzene rings is 3. The van der Waals surface area contributed by atoms with Crippen molar-refractivity contribution in [1.82, 2.24) is 19.5 Å². The number of ether oxygens (including phenoxy) is 1. The molecule has 1 atom stereocenters. The van der Waals surface area contributed by atoms with E-state index in [1.807, 2.05) is 73.8 Å². The first-order valence-electron chi connectivity index (χ1n) is 15.5. The number of amides is 1. The molecule has 10 heteroatoms. The zero-order valence-corrected chi connectivity index (χ0v) is 28.3. The largest absolute Gasteiger partial charge is 0.494 e. The quantitative estimate of drug-likeness (QED) is 0.160. The average Bonchev–Trinajstić information content (AvgIpc) is 3.70. The second-order valence-electron chi connectivity index (χ2n) is 12.3. The van der Waals surface area contributed by atoms with Gasteiger partial charge in [-0.2, -0.15) is 5.10 Å². The summed E-state index contributed by atoms with van der Waals surface area (Å²) in [6, 6.07) is 13.7. The third kappa shape index (κ3) is 4.86. The van der Waals surface area contributed by atoms with Gasteiger partial charge in [0.05, 0.1) is 29.0 Å². The van der Waals surface area contributed by atoms with Crippen LogP contribution in [0.25, 0.3) is 33.0 Å². The zero-order chi connectivity index (χ0) is 32.4. The van der Waals surface area contributed by atoms with Crippen LogP contribution in [0.2, 0.25) is 10.0 Å². The average molecular weight is 657 g/mol. The molecule has 8 nitrogen and oxygen atoms in total. The second-order valence-corrected chi connectivity index (χ2v) is 13.1. The van der Waals surface area contributed by atoms with Gasteiger partial charge in [0.2, 0.25) is 0 Å². The number of aromatic nitrogens is 4. The Kier molecular flexibility index (Phi) is 7.60. The highest BCUT2D eigenvalue weighted by atomic mass is 35.5. The van der Waals surface area contributed by atoms with Gasteiger partial charge in [-0.15, -0.1) is 0 Å². The molecular weight excluding hydrogens is 621 g/mol. The van der Waals surface area contributed by atoms with E-state index in [2.05, 4.69) is 29.6 Å². The Balaban J connectivity index is 1.35. The van der Waals surface area contributed by atoms with E-state index in [0.29, 0.717) is 42.3 Å². The summed E-state index contributed by atoms with van der Waals surface area (Å²) >= 11 is 13.4. The second kappa shape index (κ2) is 11.5. The number of halogens is 2. The number of rotatable bonds is 7. The van der Waals surface area contributed by atoms with Gasteiger partial charge < -0.3 is 18.7 Å². The molecule has 0 aliphatic carbocycles. The van der Waals surface area contributed by atoms with E-state index in [-0.39, 0.29) is 11.9 Å². The van der Waals surface area contributed by atoms with E-state index in [1.165, 1.54) is 0 Å². The lowest BCUT2D eigenvalue weighted by Gasteiger charge is -2.34. The smallest absolute Gasteiger partial charge is 0.275 e. The minimum atomic E-state index is -0.0604. The van der Waals surface area contributed by atoms with Crippen molar-refractivity contribution in [1.29, 1.82) is 0 Å². The summed E-state index contributed by atoms with van der Waals surface area (Å²) in [4.78, 5) is 16.5. The highest BCUT2D eigenvalue weighted by Gasteiger charge is 2.37. The van der Waals surface area contributed by atoms with Crippen molar-refractivity contribution in [2.45, 2.75) is 53.5 Å². The van der Waals surface area contributed by atoms with Gasteiger partial charge >= 0.3 is 0 Å². The molecule has 0 spiro atoms. The molecule has 46 heavy (non-hydrogen) atoms. The molecule has 236 valence electrons. The van der Waals surface area contributed by atoms with Crippen molar-refractivity contribution in [2.75, 3.05) is 18.1 Å². The predicted molar refractivity (Wildman–Crippen MR) is 184 cm³/mol. The lowest BCUT2D eigenvalue weighted by atomic mass is 9.98. The molecule has 0 saturated heterocycles. The van der Waals surface area contributed by atoms with Crippen molar-refractivity contribution < 1.29 is 14.1 Å². The third-order valence-electron chi connectivity index (χ3n) is 9.22. The monoisotopic (exact) mass is 655 g/mol. The summed E-state index contributed by atoms with van der Waals surface area (Å²) in [5.41, 5.74) is 9.84. The first-order chi connectivity index (χ1) is 22.0. The Bertz CT molecular complexity index is 2150. The Morgan fingerprint density at radius 3 is 2.50 bits per heavy atom. The molecule has 0 radical (unpaired) electrons. The normalized spacial score (nSPS) is 14.9. The lowest BCUT2D eigenvalue weighted by molar-refractivity contribution is 0.0957. The first kappa shape index (κ1) is 30.4. The zero-order valence-electron chi connectivity index (χ0n) is 26.7. The summed E-state index contributed by atoms with van der Waals surface area (Å²) in [6.45, 7) is 11.2. The minimum absolute atomic E-state index is 0.0415. The van der Waals surface area contributed by atoms with Crippen LogP contribution in [0.1, 0.15) is 58.0 Å². The van der Waals surface area contributed by atoms with Crippen molar-refractivity contribution >= 4 is 56.7 Å². The van der Waals surface area contributed by atoms with Crippen LogP contribution < -0.4 is 9.64 Å². The summed E-state index contributed by atoms with van der Waals surface area (Å²) in [5, 5.41) is 11.9. The van der Waals surface area contributed by atoms with Crippen LogP contribution in [-0.4, -0.2) is 38.6 Å². The van der Waals surface area contributed by atoms with Crippen LogP contribution in [0.3, 0.4) is 0 Å². The van der Waals surface area contributed by atoms with Crippen LogP contribution in [0.5, 0.6) is 5.75 Å². The number of fused-ring (bicyclic) bond motifs is 4. The molecule has 4 heterocycles. The van der Waals surface area contributed by atoms with Crippen LogP contribution in [-0.2, 0) is 13.5 Å². The van der Waals surface area contributed by atoms with Crippen molar-refractivity contribution in [3.63, 3.8) is 0 Å². The van der Waals surface area contributed by atoms with Gasteiger partial charge in [-0.25, -0.2) is 0 Å². The van der Waals surface area contributed by atoms with E-state index >= 15 is 0 Å². The maximum absolute atomic E-state index is 14.6.